The fourth-order valence-electron chi connectivity index (χ4n) is 2.32. The number of aryl methyl sites for hydroxylation is 1. The van der Waals surface area contributed by atoms with Crippen molar-refractivity contribution in [1.82, 2.24) is 9.55 Å². The van der Waals surface area contributed by atoms with Crippen molar-refractivity contribution >= 4 is 17.0 Å². The standard InChI is InChI=1S/C17H14F2N2O2/c1-11-6-8-12(9-7-11)16(22)23-10-15-20-13-4-2-3-5-14(13)21(15)17(18)19/h2-9,17H,10H2,1H3. The lowest BCUT2D eigenvalue weighted by molar-refractivity contribution is 0.0387. The Labute approximate surface area is 131 Å². The van der Waals surface area contributed by atoms with Gasteiger partial charge in [0.05, 0.1) is 16.6 Å². The monoisotopic (exact) mass is 316 g/mol. The van der Waals surface area contributed by atoms with Crippen LogP contribution in [0.3, 0.4) is 0 Å². The summed E-state index contributed by atoms with van der Waals surface area (Å²) >= 11 is 0. The van der Waals surface area contributed by atoms with Crippen LogP contribution in [0.25, 0.3) is 11.0 Å². The van der Waals surface area contributed by atoms with E-state index in [-0.39, 0.29) is 12.4 Å². The maximum Gasteiger partial charge on any atom is 0.338 e. The number of halogens is 2. The summed E-state index contributed by atoms with van der Waals surface area (Å²) in [6.45, 7) is -1.17. The Morgan fingerprint density at radius 2 is 1.87 bits per heavy atom. The zero-order valence-corrected chi connectivity index (χ0v) is 12.4. The first-order valence-corrected chi connectivity index (χ1v) is 7.04. The molecule has 6 heteroatoms. The lowest BCUT2D eigenvalue weighted by atomic mass is 10.1. The van der Waals surface area contributed by atoms with Crippen molar-refractivity contribution < 1.29 is 18.3 Å². The number of carbonyl (C=O) groups excluding carboxylic acids is 1. The van der Waals surface area contributed by atoms with Crippen LogP contribution in [0.15, 0.2) is 48.5 Å². The molecule has 1 aromatic heterocycles. The van der Waals surface area contributed by atoms with Gasteiger partial charge in [0.25, 0.3) is 0 Å². The highest BCUT2D eigenvalue weighted by Crippen LogP contribution is 2.23. The average molecular weight is 316 g/mol. The SMILES string of the molecule is Cc1ccc(C(=O)OCc2nc3ccccc3n2C(F)F)cc1. The summed E-state index contributed by atoms with van der Waals surface area (Å²) in [5.74, 6) is -0.556. The minimum atomic E-state index is -2.75. The van der Waals surface area contributed by atoms with Crippen LogP contribution in [0.1, 0.15) is 28.3 Å². The number of para-hydroxylation sites is 2. The summed E-state index contributed by atoms with van der Waals surface area (Å²) in [5, 5.41) is 0. The predicted molar refractivity (Wildman–Crippen MR) is 81.3 cm³/mol. The molecule has 0 amide bonds. The average Bonchev–Trinajstić information content (AvgIpc) is 2.91. The number of nitrogens with zero attached hydrogens (tertiary/aromatic N) is 2. The van der Waals surface area contributed by atoms with Crippen molar-refractivity contribution in [3.63, 3.8) is 0 Å². The second-order valence-corrected chi connectivity index (χ2v) is 5.11. The third kappa shape index (κ3) is 3.06. The molecular formula is C17H14F2N2O2. The summed E-state index contributed by atoms with van der Waals surface area (Å²) < 4.78 is 32.4. The molecule has 0 unspecified atom stereocenters. The first kappa shape index (κ1) is 15.1. The molecule has 0 N–H and O–H groups in total. The number of fused-ring (bicyclic) bond motifs is 1. The van der Waals surface area contributed by atoms with Crippen LogP contribution in [0, 0.1) is 6.92 Å². The normalized spacial score (nSPS) is 11.1. The van der Waals surface area contributed by atoms with Gasteiger partial charge in [0.1, 0.15) is 6.61 Å². The number of hydrogen-bond acceptors (Lipinski definition) is 3. The number of rotatable bonds is 4. The summed E-state index contributed by atoms with van der Waals surface area (Å²) in [6, 6.07) is 13.4. The highest BCUT2D eigenvalue weighted by molar-refractivity contribution is 5.89. The second kappa shape index (κ2) is 6.16. The Morgan fingerprint density at radius 3 is 2.57 bits per heavy atom. The topological polar surface area (TPSA) is 44.1 Å². The summed E-state index contributed by atoms with van der Waals surface area (Å²) in [7, 11) is 0. The van der Waals surface area contributed by atoms with E-state index in [4.69, 9.17) is 4.74 Å². The molecule has 0 aliphatic carbocycles. The Kier molecular flexibility index (Phi) is 4.06. The van der Waals surface area contributed by atoms with Crippen LogP contribution in [0.2, 0.25) is 0 Å². The third-order valence-electron chi connectivity index (χ3n) is 3.48. The van der Waals surface area contributed by atoms with E-state index in [1.54, 1.807) is 48.5 Å². The molecule has 0 saturated heterocycles. The van der Waals surface area contributed by atoms with Gasteiger partial charge in [-0.1, -0.05) is 29.8 Å². The molecule has 118 valence electrons. The van der Waals surface area contributed by atoms with Crippen LogP contribution in [-0.4, -0.2) is 15.5 Å². The first-order chi connectivity index (χ1) is 11.1. The van der Waals surface area contributed by atoms with Gasteiger partial charge in [0.2, 0.25) is 0 Å². The Bertz CT molecular complexity index is 841. The number of carbonyl (C=O) groups is 1. The van der Waals surface area contributed by atoms with Crippen molar-refractivity contribution in [3.05, 3.63) is 65.5 Å². The molecule has 4 nitrogen and oxygen atoms in total. The smallest absolute Gasteiger partial charge is 0.338 e. The second-order valence-electron chi connectivity index (χ2n) is 5.11. The van der Waals surface area contributed by atoms with Crippen LogP contribution >= 0.6 is 0 Å². The van der Waals surface area contributed by atoms with E-state index in [0.717, 1.165) is 10.1 Å². The number of imidazole rings is 1. The largest absolute Gasteiger partial charge is 0.454 e. The number of hydrogen-bond donors (Lipinski definition) is 0. The van der Waals surface area contributed by atoms with Gasteiger partial charge in [-0.3, -0.25) is 4.57 Å². The molecule has 0 aliphatic rings. The lowest BCUT2D eigenvalue weighted by Crippen LogP contribution is -2.10. The number of esters is 1. The Balaban J connectivity index is 1.83. The van der Waals surface area contributed by atoms with Gasteiger partial charge < -0.3 is 4.74 Å². The molecule has 0 atom stereocenters. The maximum absolute atomic E-state index is 13.3. The van der Waals surface area contributed by atoms with E-state index in [2.05, 4.69) is 4.98 Å². The van der Waals surface area contributed by atoms with Gasteiger partial charge in [0.15, 0.2) is 5.82 Å². The molecule has 0 radical (unpaired) electrons. The molecule has 0 fully saturated rings. The Hall–Kier alpha value is -2.76. The lowest BCUT2D eigenvalue weighted by Gasteiger charge is -2.08. The van der Waals surface area contributed by atoms with E-state index in [1.165, 1.54) is 0 Å². The minimum absolute atomic E-state index is 0.0154. The molecule has 0 aliphatic heterocycles. The predicted octanol–water partition coefficient (Wildman–Crippen LogP) is 4.10. The van der Waals surface area contributed by atoms with Crippen LogP contribution in [-0.2, 0) is 11.3 Å². The van der Waals surface area contributed by atoms with E-state index in [0.29, 0.717) is 16.6 Å². The van der Waals surface area contributed by atoms with Crippen LogP contribution in [0.5, 0.6) is 0 Å². The van der Waals surface area contributed by atoms with E-state index < -0.39 is 12.5 Å². The van der Waals surface area contributed by atoms with Crippen molar-refractivity contribution in [3.8, 4) is 0 Å². The minimum Gasteiger partial charge on any atom is -0.454 e. The van der Waals surface area contributed by atoms with Gasteiger partial charge >= 0.3 is 12.5 Å². The van der Waals surface area contributed by atoms with Crippen molar-refractivity contribution in [1.29, 1.82) is 0 Å². The molecule has 1 heterocycles. The Morgan fingerprint density at radius 1 is 1.17 bits per heavy atom. The zero-order valence-electron chi connectivity index (χ0n) is 12.4. The van der Waals surface area contributed by atoms with Crippen LogP contribution in [0.4, 0.5) is 8.78 Å². The molecule has 23 heavy (non-hydrogen) atoms. The fraction of sp³-hybridized carbons (Fsp3) is 0.176. The summed E-state index contributed by atoms with van der Waals surface area (Å²) in [4.78, 5) is 16.1. The zero-order chi connectivity index (χ0) is 16.4. The number of aromatic nitrogens is 2. The molecule has 3 rings (SSSR count). The van der Waals surface area contributed by atoms with Gasteiger partial charge in [0, 0.05) is 0 Å². The molecule has 0 bridgehead atoms. The van der Waals surface area contributed by atoms with Crippen LogP contribution < -0.4 is 0 Å². The van der Waals surface area contributed by atoms with Gasteiger partial charge in [-0.25, -0.2) is 9.78 Å². The quantitative estimate of drug-likeness (QED) is 0.681. The van der Waals surface area contributed by atoms with E-state index in [9.17, 15) is 13.6 Å². The highest BCUT2D eigenvalue weighted by atomic mass is 19.3. The molecule has 0 saturated carbocycles. The first-order valence-electron chi connectivity index (χ1n) is 7.04. The third-order valence-corrected chi connectivity index (χ3v) is 3.48. The molecular weight excluding hydrogens is 302 g/mol. The van der Waals surface area contributed by atoms with Gasteiger partial charge in [-0.2, -0.15) is 8.78 Å². The van der Waals surface area contributed by atoms with Crippen molar-refractivity contribution in [2.45, 2.75) is 20.1 Å². The summed E-state index contributed by atoms with van der Waals surface area (Å²) in [5.41, 5.74) is 2.13. The van der Waals surface area contributed by atoms with Gasteiger partial charge in [-0.15, -0.1) is 0 Å². The number of ether oxygens (including phenoxy) is 1. The molecule has 2 aromatic carbocycles. The maximum atomic E-state index is 13.3. The number of benzene rings is 2. The van der Waals surface area contributed by atoms with Crippen molar-refractivity contribution in [2.24, 2.45) is 0 Å². The molecule has 3 aromatic rings. The van der Waals surface area contributed by atoms with Crippen molar-refractivity contribution in [2.75, 3.05) is 0 Å². The fourth-order valence-corrected chi connectivity index (χ4v) is 2.32. The van der Waals surface area contributed by atoms with Gasteiger partial charge in [-0.05, 0) is 31.2 Å². The highest BCUT2D eigenvalue weighted by Gasteiger charge is 2.18. The number of alkyl halides is 2. The van der Waals surface area contributed by atoms with E-state index >= 15 is 0 Å². The van der Waals surface area contributed by atoms with E-state index in [1.807, 2.05) is 6.92 Å². The molecule has 0 spiro atoms. The summed E-state index contributed by atoms with van der Waals surface area (Å²) in [6.07, 6.45) is 0.